The van der Waals surface area contributed by atoms with Gasteiger partial charge in [0.05, 0.1) is 6.61 Å². The number of carbonyl (C=O) groups excluding carboxylic acids is 1. The summed E-state index contributed by atoms with van der Waals surface area (Å²) in [4.78, 5) is 10.1. The molecule has 0 fully saturated rings. The predicted molar refractivity (Wildman–Crippen MR) is 29.4 cm³/mol. The summed E-state index contributed by atoms with van der Waals surface area (Å²) in [6, 6.07) is 0. The van der Waals surface area contributed by atoms with E-state index in [1.54, 1.807) is 6.92 Å². The average molecular weight is 137 g/mol. The Labute approximate surface area is 49.6 Å². The molecule has 0 radical (unpaired) electrons. The third kappa shape index (κ3) is 2.70. The van der Waals surface area contributed by atoms with Gasteiger partial charge in [0.25, 0.3) is 0 Å². The maximum atomic E-state index is 10.1. The van der Waals surface area contributed by atoms with Crippen molar-refractivity contribution in [3.8, 4) is 0 Å². The fraction of sp³-hybridized carbons (Fsp3) is 0.667. The van der Waals surface area contributed by atoms with Gasteiger partial charge in [0.2, 0.25) is 11.0 Å². The second kappa shape index (κ2) is 3.57. The van der Waals surface area contributed by atoms with E-state index < -0.39 is 16.3 Å². The highest BCUT2D eigenvalue weighted by Gasteiger charge is 2.04. The van der Waals surface area contributed by atoms with Crippen molar-refractivity contribution in [3.05, 3.63) is 0 Å². The Bertz CT molecular complexity index is 113. The van der Waals surface area contributed by atoms with Crippen LogP contribution in [0.2, 0.25) is 0 Å². The molecule has 0 heterocycles. The van der Waals surface area contributed by atoms with Crippen LogP contribution in [-0.2, 0) is 15.7 Å². The first kappa shape index (κ1) is 7.58. The predicted octanol–water partition coefficient (Wildman–Crippen LogP) is -0.235. The van der Waals surface area contributed by atoms with Gasteiger partial charge < -0.3 is 4.74 Å². The van der Waals surface area contributed by atoms with Gasteiger partial charge in [-0.2, -0.15) is 0 Å². The largest absolute Gasteiger partial charge is 0.455 e. The molecule has 0 aliphatic rings. The molecule has 0 aromatic heterocycles. The minimum Gasteiger partial charge on any atom is -0.455 e. The first-order valence-corrected chi connectivity index (χ1v) is 3.22. The highest BCUT2D eigenvalue weighted by molar-refractivity contribution is 7.97. The normalized spacial score (nSPS) is 12.8. The molecular formula is C3H7NO3S. The van der Waals surface area contributed by atoms with E-state index in [0.717, 1.165) is 0 Å². The standard InChI is InChI=1S/C3H7NO3S/c1-2-7-3(5)8(4)6/h2,4H2,1H3. The summed E-state index contributed by atoms with van der Waals surface area (Å²) < 4.78 is 14.2. The summed E-state index contributed by atoms with van der Waals surface area (Å²) in [5.41, 5.74) is 0. The van der Waals surface area contributed by atoms with Gasteiger partial charge in [0.15, 0.2) is 0 Å². The zero-order valence-corrected chi connectivity index (χ0v) is 5.23. The molecule has 0 amide bonds. The van der Waals surface area contributed by atoms with Crippen molar-refractivity contribution in [2.75, 3.05) is 6.61 Å². The molecule has 1 atom stereocenters. The maximum Gasteiger partial charge on any atom is 0.412 e. The van der Waals surface area contributed by atoms with Crippen LogP contribution in [0, 0.1) is 0 Å². The average Bonchev–Trinajstić information content (AvgIpc) is 1.67. The van der Waals surface area contributed by atoms with E-state index in [9.17, 15) is 9.00 Å². The van der Waals surface area contributed by atoms with Gasteiger partial charge in [-0.3, -0.25) is 0 Å². The molecule has 0 aromatic carbocycles. The lowest BCUT2D eigenvalue weighted by molar-refractivity contribution is 0.180. The van der Waals surface area contributed by atoms with Gasteiger partial charge in [-0.1, -0.05) is 0 Å². The van der Waals surface area contributed by atoms with Gasteiger partial charge in [0.1, 0.15) is 0 Å². The fourth-order valence-corrected chi connectivity index (χ4v) is 0.410. The quantitative estimate of drug-likeness (QED) is 0.507. The Morgan fingerprint density at radius 3 is 2.50 bits per heavy atom. The molecule has 0 aliphatic heterocycles. The fourth-order valence-electron chi connectivity index (χ4n) is 0.176. The lowest BCUT2D eigenvalue weighted by Crippen LogP contribution is -2.16. The zero-order chi connectivity index (χ0) is 6.57. The van der Waals surface area contributed by atoms with Crippen LogP contribution in [0.5, 0.6) is 0 Å². The number of hydrogen-bond acceptors (Lipinski definition) is 3. The van der Waals surface area contributed by atoms with Gasteiger partial charge in [-0.15, -0.1) is 0 Å². The molecule has 4 nitrogen and oxygen atoms in total. The monoisotopic (exact) mass is 137 g/mol. The summed E-state index contributed by atoms with van der Waals surface area (Å²) in [6.07, 6.45) is 0. The third-order valence-electron chi connectivity index (χ3n) is 0.426. The number of ether oxygens (including phenoxy) is 1. The molecule has 0 spiro atoms. The van der Waals surface area contributed by atoms with Gasteiger partial charge in [-0.25, -0.2) is 14.1 Å². The van der Waals surface area contributed by atoms with E-state index in [2.05, 4.69) is 9.88 Å². The third-order valence-corrected chi connectivity index (χ3v) is 0.873. The molecular weight excluding hydrogens is 130 g/mol. The van der Waals surface area contributed by atoms with E-state index in [-0.39, 0.29) is 6.61 Å². The van der Waals surface area contributed by atoms with Crippen molar-refractivity contribution in [1.29, 1.82) is 0 Å². The van der Waals surface area contributed by atoms with Crippen LogP contribution in [0.15, 0.2) is 0 Å². The SMILES string of the molecule is CCOC(=O)S(N)=O. The van der Waals surface area contributed by atoms with Gasteiger partial charge >= 0.3 is 5.30 Å². The van der Waals surface area contributed by atoms with Crippen molar-refractivity contribution in [3.63, 3.8) is 0 Å². The molecule has 0 aliphatic carbocycles. The van der Waals surface area contributed by atoms with Gasteiger partial charge in [0, 0.05) is 0 Å². The Morgan fingerprint density at radius 1 is 1.88 bits per heavy atom. The van der Waals surface area contributed by atoms with Crippen LogP contribution in [0.1, 0.15) is 6.92 Å². The van der Waals surface area contributed by atoms with Crippen LogP contribution >= 0.6 is 0 Å². The van der Waals surface area contributed by atoms with Crippen LogP contribution in [-0.4, -0.2) is 16.1 Å². The summed E-state index contributed by atoms with van der Waals surface area (Å²) in [5, 5.41) is 3.75. The Hall–Kier alpha value is -0.420. The van der Waals surface area contributed by atoms with E-state index >= 15 is 0 Å². The van der Waals surface area contributed by atoms with Crippen LogP contribution in [0.25, 0.3) is 0 Å². The molecule has 8 heavy (non-hydrogen) atoms. The molecule has 0 bridgehead atoms. The maximum absolute atomic E-state index is 10.1. The number of nitrogens with two attached hydrogens (primary N) is 1. The van der Waals surface area contributed by atoms with Crippen LogP contribution in [0.4, 0.5) is 4.79 Å². The first-order chi connectivity index (χ1) is 3.68. The topological polar surface area (TPSA) is 69.4 Å². The molecule has 0 aromatic rings. The van der Waals surface area contributed by atoms with Crippen molar-refractivity contribution < 1.29 is 13.7 Å². The molecule has 48 valence electrons. The van der Waals surface area contributed by atoms with Crippen LogP contribution in [0.3, 0.4) is 0 Å². The van der Waals surface area contributed by atoms with Crippen molar-refractivity contribution >= 4 is 16.3 Å². The van der Waals surface area contributed by atoms with E-state index in [0.29, 0.717) is 0 Å². The Morgan fingerprint density at radius 2 is 2.38 bits per heavy atom. The highest BCUT2D eigenvalue weighted by atomic mass is 32.2. The molecule has 0 rings (SSSR count). The number of hydrogen-bond donors (Lipinski definition) is 1. The second-order valence-electron chi connectivity index (χ2n) is 0.980. The summed E-state index contributed by atoms with van der Waals surface area (Å²) in [5.74, 6) is 0. The number of rotatable bonds is 1. The summed E-state index contributed by atoms with van der Waals surface area (Å²) >= 11 is 0. The minimum atomic E-state index is -1.97. The molecule has 2 N–H and O–H groups in total. The van der Waals surface area contributed by atoms with E-state index in [1.165, 1.54) is 0 Å². The summed E-state index contributed by atoms with van der Waals surface area (Å²) in [6.45, 7) is 1.83. The molecule has 0 saturated heterocycles. The molecule has 1 unspecified atom stereocenters. The van der Waals surface area contributed by atoms with Crippen molar-refractivity contribution in [2.24, 2.45) is 5.14 Å². The van der Waals surface area contributed by atoms with Crippen molar-refractivity contribution in [1.82, 2.24) is 0 Å². The van der Waals surface area contributed by atoms with Gasteiger partial charge in [-0.05, 0) is 6.92 Å². The van der Waals surface area contributed by atoms with E-state index in [1.807, 2.05) is 0 Å². The summed E-state index contributed by atoms with van der Waals surface area (Å²) in [7, 11) is -1.97. The number of carbonyl (C=O) groups is 1. The molecule has 5 heteroatoms. The first-order valence-electron chi connectivity index (χ1n) is 2.01. The minimum absolute atomic E-state index is 0.210. The Balaban J connectivity index is 3.49. The second-order valence-corrected chi connectivity index (χ2v) is 1.91. The smallest absolute Gasteiger partial charge is 0.412 e. The zero-order valence-electron chi connectivity index (χ0n) is 4.42. The lowest BCUT2D eigenvalue weighted by atomic mass is 10.9. The van der Waals surface area contributed by atoms with Crippen molar-refractivity contribution in [2.45, 2.75) is 6.92 Å². The lowest BCUT2D eigenvalue weighted by Gasteiger charge is -1.93. The highest BCUT2D eigenvalue weighted by Crippen LogP contribution is 1.80. The molecule has 0 saturated carbocycles. The van der Waals surface area contributed by atoms with Crippen LogP contribution < -0.4 is 5.14 Å². The van der Waals surface area contributed by atoms with E-state index in [4.69, 9.17) is 0 Å². The Kier molecular flexibility index (Phi) is 3.38.